The highest BCUT2D eigenvalue weighted by molar-refractivity contribution is 7.80. The van der Waals surface area contributed by atoms with Crippen LogP contribution in [0.4, 0.5) is 0 Å². The zero-order valence-electron chi connectivity index (χ0n) is 21.5. The molecule has 0 fully saturated rings. The second-order valence-electron chi connectivity index (χ2n) is 9.44. The SMILES string of the molecule is CCCCCCCCCCCCCCCCCCNC(=S)/N=C/c1c(O)c2ccccc2oc1=O. The summed E-state index contributed by atoms with van der Waals surface area (Å²) in [4.78, 5) is 16.2. The smallest absolute Gasteiger partial charge is 0.348 e. The van der Waals surface area contributed by atoms with Crippen molar-refractivity contribution in [1.29, 1.82) is 0 Å². The summed E-state index contributed by atoms with van der Waals surface area (Å²) < 4.78 is 5.23. The van der Waals surface area contributed by atoms with E-state index in [1.807, 2.05) is 0 Å². The topological polar surface area (TPSA) is 74.8 Å². The molecule has 0 bridgehead atoms. The number of aliphatic imine (C=N–C) groups is 1. The maximum Gasteiger partial charge on any atom is 0.348 e. The number of para-hydroxylation sites is 1. The van der Waals surface area contributed by atoms with Gasteiger partial charge in [-0.2, -0.15) is 0 Å². The van der Waals surface area contributed by atoms with E-state index in [1.165, 1.54) is 103 Å². The molecule has 35 heavy (non-hydrogen) atoms. The van der Waals surface area contributed by atoms with E-state index in [-0.39, 0.29) is 11.3 Å². The molecule has 0 unspecified atom stereocenters. The summed E-state index contributed by atoms with van der Waals surface area (Å²) in [5, 5.41) is 14.2. The van der Waals surface area contributed by atoms with Gasteiger partial charge >= 0.3 is 5.63 Å². The van der Waals surface area contributed by atoms with Gasteiger partial charge in [-0.1, -0.05) is 115 Å². The van der Waals surface area contributed by atoms with Crippen LogP contribution in [-0.2, 0) is 0 Å². The molecule has 0 saturated carbocycles. The largest absolute Gasteiger partial charge is 0.506 e. The van der Waals surface area contributed by atoms with E-state index in [1.54, 1.807) is 24.3 Å². The number of benzene rings is 1. The number of thiocarbonyl (C=S) groups is 1. The van der Waals surface area contributed by atoms with Gasteiger partial charge in [0.15, 0.2) is 5.11 Å². The molecule has 2 aromatic rings. The normalized spacial score (nSPS) is 11.5. The van der Waals surface area contributed by atoms with Gasteiger partial charge in [0, 0.05) is 12.8 Å². The Kier molecular flexibility index (Phi) is 15.0. The first-order chi connectivity index (χ1) is 17.1. The van der Waals surface area contributed by atoms with Crippen LogP contribution in [0.5, 0.6) is 5.75 Å². The van der Waals surface area contributed by atoms with Crippen LogP contribution in [0.3, 0.4) is 0 Å². The zero-order chi connectivity index (χ0) is 25.1. The Hall–Kier alpha value is -2.21. The molecule has 0 spiro atoms. The van der Waals surface area contributed by atoms with Crippen LogP contribution in [-0.4, -0.2) is 23.0 Å². The Morgan fingerprint density at radius 2 is 1.40 bits per heavy atom. The Bertz CT molecular complexity index is 955. The van der Waals surface area contributed by atoms with Gasteiger partial charge in [0.2, 0.25) is 0 Å². The van der Waals surface area contributed by atoms with Gasteiger partial charge in [0.1, 0.15) is 16.9 Å². The van der Waals surface area contributed by atoms with Gasteiger partial charge < -0.3 is 14.8 Å². The molecule has 0 radical (unpaired) electrons. The molecule has 5 nitrogen and oxygen atoms in total. The molecule has 1 aromatic carbocycles. The molecule has 194 valence electrons. The second kappa shape index (κ2) is 18.1. The molecule has 0 aliphatic heterocycles. The Labute approximate surface area is 216 Å². The predicted octanol–water partition coefficient (Wildman–Crippen LogP) is 8.05. The van der Waals surface area contributed by atoms with E-state index in [0.29, 0.717) is 16.1 Å². The lowest BCUT2D eigenvalue weighted by Gasteiger charge is -2.05. The van der Waals surface area contributed by atoms with Crippen LogP contribution in [0.1, 0.15) is 115 Å². The minimum atomic E-state index is -0.634. The van der Waals surface area contributed by atoms with E-state index in [2.05, 4.69) is 17.2 Å². The summed E-state index contributed by atoms with van der Waals surface area (Å²) in [7, 11) is 0. The van der Waals surface area contributed by atoms with Gasteiger partial charge in [-0.25, -0.2) is 9.79 Å². The Morgan fingerprint density at radius 1 is 0.886 bits per heavy atom. The number of rotatable bonds is 18. The molecule has 1 aromatic heterocycles. The van der Waals surface area contributed by atoms with E-state index in [4.69, 9.17) is 16.6 Å². The average molecular weight is 501 g/mol. The first-order valence-electron chi connectivity index (χ1n) is 13.7. The van der Waals surface area contributed by atoms with Gasteiger partial charge in [0.05, 0.1) is 5.39 Å². The number of hydrogen-bond donors (Lipinski definition) is 2. The molecule has 0 amide bonds. The number of unbranched alkanes of at least 4 members (excludes halogenated alkanes) is 15. The minimum absolute atomic E-state index is 0.00950. The molecule has 2 rings (SSSR count). The molecule has 1 heterocycles. The molecular weight excluding hydrogens is 456 g/mol. The van der Waals surface area contributed by atoms with Crippen LogP contribution in [0.2, 0.25) is 0 Å². The van der Waals surface area contributed by atoms with E-state index in [0.717, 1.165) is 13.0 Å². The zero-order valence-corrected chi connectivity index (χ0v) is 22.3. The van der Waals surface area contributed by atoms with Gasteiger partial charge in [-0.15, -0.1) is 0 Å². The van der Waals surface area contributed by atoms with Crippen molar-refractivity contribution < 1.29 is 9.52 Å². The molecule has 6 heteroatoms. The van der Waals surface area contributed by atoms with Crippen LogP contribution in [0, 0.1) is 0 Å². The first-order valence-corrected chi connectivity index (χ1v) is 14.1. The fourth-order valence-corrected chi connectivity index (χ4v) is 4.45. The van der Waals surface area contributed by atoms with Gasteiger partial charge in [-0.3, -0.25) is 0 Å². The lowest BCUT2D eigenvalue weighted by Crippen LogP contribution is -2.21. The number of nitrogens with one attached hydrogen (secondary N) is 1. The third kappa shape index (κ3) is 11.9. The van der Waals surface area contributed by atoms with Crippen molar-refractivity contribution in [2.45, 2.75) is 110 Å². The van der Waals surface area contributed by atoms with Crippen molar-refractivity contribution in [1.82, 2.24) is 5.32 Å². The van der Waals surface area contributed by atoms with Gasteiger partial charge in [0.25, 0.3) is 0 Å². The lowest BCUT2D eigenvalue weighted by atomic mass is 10.0. The predicted molar refractivity (Wildman–Crippen MR) is 152 cm³/mol. The number of fused-ring (bicyclic) bond motifs is 1. The summed E-state index contributed by atoms with van der Waals surface area (Å²) >= 11 is 5.22. The minimum Gasteiger partial charge on any atom is -0.506 e. The first kappa shape index (κ1) is 29.0. The third-order valence-electron chi connectivity index (χ3n) is 6.44. The third-order valence-corrected chi connectivity index (χ3v) is 6.69. The fourth-order valence-electron chi connectivity index (χ4n) is 4.30. The second-order valence-corrected chi connectivity index (χ2v) is 9.83. The standard InChI is InChI=1S/C29H44N2O3S/c1-2-3-4-5-6-7-8-9-10-11-12-13-14-15-16-19-22-30-29(35)31-23-25-27(32)24-20-17-18-21-26(24)34-28(25)33/h17-18,20-21,23,32H,2-16,19,22H2,1H3,(H,30,35)/b31-23+. The quantitative estimate of drug-likeness (QED) is 0.0937. The molecular formula is C29H44N2O3S. The van der Waals surface area contributed by atoms with Gasteiger partial charge in [-0.05, 0) is 30.8 Å². The van der Waals surface area contributed by atoms with Crippen LogP contribution >= 0.6 is 12.2 Å². The van der Waals surface area contributed by atoms with Crippen molar-refractivity contribution in [2.75, 3.05) is 6.54 Å². The monoisotopic (exact) mass is 500 g/mol. The van der Waals surface area contributed by atoms with Crippen molar-refractivity contribution in [2.24, 2.45) is 4.99 Å². The number of aromatic hydroxyl groups is 1. The summed E-state index contributed by atoms with van der Waals surface area (Å²) in [6.45, 7) is 3.03. The molecule has 0 aliphatic rings. The summed E-state index contributed by atoms with van der Waals surface area (Å²) in [6.07, 6.45) is 22.8. The lowest BCUT2D eigenvalue weighted by molar-refractivity contribution is 0.466. The Morgan fingerprint density at radius 3 is 1.97 bits per heavy atom. The highest BCUT2D eigenvalue weighted by Gasteiger charge is 2.11. The summed E-state index contributed by atoms with van der Waals surface area (Å²) in [5.41, 5.74) is -0.280. The van der Waals surface area contributed by atoms with E-state index >= 15 is 0 Å². The maximum absolute atomic E-state index is 12.1. The molecule has 0 saturated heterocycles. The van der Waals surface area contributed by atoms with E-state index < -0.39 is 5.63 Å². The van der Waals surface area contributed by atoms with Crippen molar-refractivity contribution in [3.63, 3.8) is 0 Å². The fraction of sp³-hybridized carbons (Fsp3) is 0.621. The van der Waals surface area contributed by atoms with Crippen molar-refractivity contribution in [3.8, 4) is 5.75 Å². The maximum atomic E-state index is 12.1. The van der Waals surface area contributed by atoms with Crippen LogP contribution in [0.25, 0.3) is 11.0 Å². The van der Waals surface area contributed by atoms with Crippen LogP contribution in [0.15, 0.2) is 38.5 Å². The highest BCUT2D eigenvalue weighted by Crippen LogP contribution is 2.24. The number of hydrogen-bond acceptors (Lipinski definition) is 4. The Balaban J connectivity index is 1.46. The van der Waals surface area contributed by atoms with Crippen LogP contribution < -0.4 is 10.9 Å². The average Bonchev–Trinajstić information content (AvgIpc) is 2.85. The van der Waals surface area contributed by atoms with Crippen molar-refractivity contribution in [3.05, 3.63) is 40.2 Å². The van der Waals surface area contributed by atoms with Crippen molar-refractivity contribution >= 4 is 34.5 Å². The summed E-state index contributed by atoms with van der Waals surface area (Å²) in [6, 6.07) is 6.85. The molecule has 0 atom stereocenters. The summed E-state index contributed by atoms with van der Waals surface area (Å²) in [5.74, 6) is -0.138. The molecule has 2 N–H and O–H groups in total. The number of nitrogens with zero attached hydrogens (tertiary/aromatic N) is 1. The highest BCUT2D eigenvalue weighted by atomic mass is 32.1. The molecule has 0 aliphatic carbocycles. The van der Waals surface area contributed by atoms with E-state index in [9.17, 15) is 9.90 Å².